The number of hydrogen-bond donors (Lipinski definition) is 1. The monoisotopic (exact) mass is 574 g/mol. The van der Waals surface area contributed by atoms with E-state index in [0.717, 1.165) is 23.2 Å². The molecule has 5 rings (SSSR count). The number of allylic oxidation sites excluding steroid dienone is 11. The van der Waals surface area contributed by atoms with Gasteiger partial charge >= 0.3 is 0 Å². The van der Waals surface area contributed by atoms with Gasteiger partial charge in [-0.25, -0.2) is 0 Å². The molecule has 1 aromatic heterocycles. The van der Waals surface area contributed by atoms with Gasteiger partial charge in [0, 0.05) is 28.5 Å². The molecule has 3 aromatic carbocycles. The van der Waals surface area contributed by atoms with Crippen LogP contribution in [0, 0.1) is 0 Å². The van der Waals surface area contributed by atoms with Gasteiger partial charge in [-0.15, -0.1) is 0 Å². The third kappa shape index (κ3) is 7.10. The molecule has 0 amide bonds. The summed E-state index contributed by atoms with van der Waals surface area (Å²) in [6.07, 6.45) is 24.8. The Morgan fingerprint density at radius 1 is 0.886 bits per heavy atom. The highest BCUT2D eigenvalue weighted by atomic mass is 15.0. The Kier molecular flexibility index (Phi) is 9.94. The maximum atomic E-state index is 4.26. The minimum atomic E-state index is 0.112. The van der Waals surface area contributed by atoms with Gasteiger partial charge in [0.15, 0.2) is 0 Å². The van der Waals surface area contributed by atoms with E-state index in [2.05, 4.69) is 165 Å². The van der Waals surface area contributed by atoms with Crippen LogP contribution in [0.3, 0.4) is 0 Å². The van der Waals surface area contributed by atoms with Gasteiger partial charge in [0.2, 0.25) is 0 Å². The highest BCUT2D eigenvalue weighted by Crippen LogP contribution is 2.31. The molecule has 4 aromatic rings. The summed E-state index contributed by atoms with van der Waals surface area (Å²) >= 11 is 0. The van der Waals surface area contributed by atoms with Gasteiger partial charge in [0.1, 0.15) is 0 Å². The van der Waals surface area contributed by atoms with Gasteiger partial charge in [-0.1, -0.05) is 116 Å². The van der Waals surface area contributed by atoms with E-state index in [9.17, 15) is 0 Å². The minimum Gasteiger partial charge on any atom is -0.375 e. The average Bonchev–Trinajstić information content (AvgIpc) is 3.42. The summed E-state index contributed by atoms with van der Waals surface area (Å²) in [5, 5.41) is 4.97. The molecule has 0 aliphatic carbocycles. The molecule has 0 radical (unpaired) electrons. The Labute approximate surface area is 263 Å². The lowest BCUT2D eigenvalue weighted by molar-refractivity contribution is 0.766. The second-order valence-corrected chi connectivity index (χ2v) is 11.2. The first kappa shape index (κ1) is 30.4. The Balaban J connectivity index is 1.40. The third-order valence-electron chi connectivity index (χ3n) is 8.05. The molecule has 1 atom stereocenters. The van der Waals surface area contributed by atoms with Gasteiger partial charge in [0.25, 0.3) is 0 Å². The van der Waals surface area contributed by atoms with E-state index in [-0.39, 0.29) is 6.04 Å². The molecular weight excluding hydrogens is 532 g/mol. The summed E-state index contributed by atoms with van der Waals surface area (Å²) in [6.45, 7) is 12.8. The normalized spacial score (nSPS) is 16.1. The zero-order valence-corrected chi connectivity index (χ0v) is 26.3. The fourth-order valence-corrected chi connectivity index (χ4v) is 5.63. The van der Waals surface area contributed by atoms with E-state index < -0.39 is 0 Å². The van der Waals surface area contributed by atoms with Crippen molar-refractivity contribution in [2.75, 3.05) is 0 Å². The summed E-state index contributed by atoms with van der Waals surface area (Å²) in [5.74, 6) is 0. The Hall–Kier alpha value is -5.08. The molecule has 1 unspecified atom stereocenters. The van der Waals surface area contributed by atoms with E-state index in [1.54, 1.807) is 0 Å². The van der Waals surface area contributed by atoms with Crippen molar-refractivity contribution in [2.45, 2.75) is 40.2 Å². The van der Waals surface area contributed by atoms with E-state index in [1.807, 2.05) is 25.1 Å². The molecule has 2 nitrogen and oxygen atoms in total. The lowest BCUT2D eigenvalue weighted by Gasteiger charge is -2.25. The number of nitrogens with one attached hydrogen (secondary N) is 1. The fraction of sp³-hybridized carbons (Fsp3) is 0.143. The maximum absolute atomic E-state index is 4.26. The molecule has 1 aliphatic heterocycles. The van der Waals surface area contributed by atoms with Crippen molar-refractivity contribution in [2.24, 2.45) is 0 Å². The molecule has 1 N–H and O–H groups in total. The average molecular weight is 575 g/mol. The van der Waals surface area contributed by atoms with Crippen LogP contribution in [0.15, 0.2) is 163 Å². The highest BCUT2D eigenvalue weighted by Gasteiger charge is 2.16. The van der Waals surface area contributed by atoms with Crippen LogP contribution in [0.1, 0.15) is 50.8 Å². The van der Waals surface area contributed by atoms with E-state index in [4.69, 9.17) is 0 Å². The first-order valence-electron chi connectivity index (χ1n) is 15.4. The van der Waals surface area contributed by atoms with Crippen LogP contribution in [0.5, 0.6) is 0 Å². The molecule has 2 heteroatoms. The second-order valence-electron chi connectivity index (χ2n) is 11.2. The third-order valence-corrected chi connectivity index (χ3v) is 8.05. The van der Waals surface area contributed by atoms with Gasteiger partial charge in [-0.3, -0.25) is 0 Å². The van der Waals surface area contributed by atoms with Gasteiger partial charge in [0.05, 0.1) is 11.6 Å². The Bertz CT molecular complexity index is 1830. The molecule has 0 saturated carbocycles. The van der Waals surface area contributed by atoms with Crippen LogP contribution in [0.25, 0.3) is 33.8 Å². The van der Waals surface area contributed by atoms with Crippen LogP contribution in [-0.4, -0.2) is 10.6 Å². The first-order valence-corrected chi connectivity index (χ1v) is 15.4. The Morgan fingerprint density at radius 3 is 2.36 bits per heavy atom. The molecule has 1 aliphatic rings. The lowest BCUT2D eigenvalue weighted by atomic mass is 9.93. The summed E-state index contributed by atoms with van der Waals surface area (Å²) in [7, 11) is 0. The molecule has 0 fully saturated rings. The zero-order valence-electron chi connectivity index (χ0n) is 26.3. The van der Waals surface area contributed by atoms with Crippen LogP contribution >= 0.6 is 0 Å². The molecular formula is C42H42N2. The second kappa shape index (κ2) is 14.4. The van der Waals surface area contributed by atoms with Crippen molar-refractivity contribution in [1.82, 2.24) is 9.88 Å². The number of nitrogens with zero attached hydrogens (tertiary/aromatic N) is 1. The molecule has 0 bridgehead atoms. The van der Waals surface area contributed by atoms with Crippen molar-refractivity contribution in [1.29, 1.82) is 0 Å². The van der Waals surface area contributed by atoms with Crippen molar-refractivity contribution in [3.63, 3.8) is 0 Å². The van der Waals surface area contributed by atoms with Gasteiger partial charge in [-0.2, -0.15) is 0 Å². The minimum absolute atomic E-state index is 0.112. The number of dihydropyridines is 1. The largest absolute Gasteiger partial charge is 0.375 e. The fourth-order valence-electron chi connectivity index (χ4n) is 5.63. The van der Waals surface area contributed by atoms with Crippen molar-refractivity contribution >= 4 is 28.1 Å². The summed E-state index contributed by atoms with van der Waals surface area (Å²) in [5.41, 5.74) is 12.0. The number of aromatic nitrogens is 1. The van der Waals surface area contributed by atoms with Crippen molar-refractivity contribution in [3.05, 3.63) is 180 Å². The predicted molar refractivity (Wildman–Crippen MR) is 193 cm³/mol. The van der Waals surface area contributed by atoms with E-state index in [0.29, 0.717) is 0 Å². The SMILES string of the molecule is C=C(/C=C\C1C=C(C)C(CC=C(C)c2ccc3c(c2)c(/C=C\C=C/C)cn3-c2ccccc2)=C(/C=C\C)N1)c1ccccc1. The van der Waals surface area contributed by atoms with E-state index >= 15 is 0 Å². The molecule has 0 saturated heterocycles. The number of para-hydroxylation sites is 1. The molecule has 0 spiro atoms. The van der Waals surface area contributed by atoms with Crippen LogP contribution < -0.4 is 5.32 Å². The maximum Gasteiger partial charge on any atom is 0.0637 e. The topological polar surface area (TPSA) is 17.0 Å². The molecule has 220 valence electrons. The Morgan fingerprint density at radius 2 is 1.64 bits per heavy atom. The molecule has 2 heterocycles. The number of rotatable bonds is 10. The quantitative estimate of drug-likeness (QED) is 0.186. The number of fused-ring (bicyclic) bond motifs is 1. The smallest absolute Gasteiger partial charge is 0.0637 e. The summed E-state index contributed by atoms with van der Waals surface area (Å²) < 4.78 is 2.28. The summed E-state index contributed by atoms with van der Waals surface area (Å²) in [4.78, 5) is 0. The standard InChI is InChI=1S/C42H42N2/c1-6-8-11-19-36-30-44(38-20-14-10-15-21-38)42-27-24-35(29-40(36)42)32(4)23-26-39-33(5)28-37(43-41(39)16-7-2)25-22-31(3)34-17-12-9-13-18-34/h6-25,27-30,37,43H,3,26H2,1-2,4-5H3/b8-6-,16-7-,19-11-,25-22-,32-23?. The van der Waals surface area contributed by atoms with Crippen LogP contribution in [0.2, 0.25) is 0 Å². The predicted octanol–water partition coefficient (Wildman–Crippen LogP) is 11.0. The highest BCUT2D eigenvalue weighted by molar-refractivity contribution is 5.93. The lowest BCUT2D eigenvalue weighted by Crippen LogP contribution is -2.29. The number of hydrogen-bond acceptors (Lipinski definition) is 1. The van der Waals surface area contributed by atoms with Crippen molar-refractivity contribution < 1.29 is 0 Å². The van der Waals surface area contributed by atoms with E-state index in [1.165, 1.54) is 44.4 Å². The van der Waals surface area contributed by atoms with Gasteiger partial charge in [-0.05, 0) is 97.9 Å². The first-order chi connectivity index (χ1) is 21.5. The molecule has 44 heavy (non-hydrogen) atoms. The van der Waals surface area contributed by atoms with Gasteiger partial charge < -0.3 is 9.88 Å². The van der Waals surface area contributed by atoms with Crippen molar-refractivity contribution in [3.8, 4) is 5.69 Å². The zero-order chi connectivity index (χ0) is 30.9. The summed E-state index contributed by atoms with van der Waals surface area (Å²) in [6, 6.07) is 27.8. The number of benzene rings is 3. The van der Waals surface area contributed by atoms with Crippen LogP contribution in [0.4, 0.5) is 0 Å². The van der Waals surface area contributed by atoms with Crippen LogP contribution in [-0.2, 0) is 0 Å².